The van der Waals surface area contributed by atoms with Crippen molar-refractivity contribution < 1.29 is 23.5 Å². The van der Waals surface area contributed by atoms with E-state index in [1.165, 1.54) is 12.3 Å². The van der Waals surface area contributed by atoms with Crippen molar-refractivity contribution >= 4 is 46.0 Å². The quantitative estimate of drug-likeness (QED) is 0.242. The molecule has 5 aromatic rings. The molecule has 0 aliphatic carbocycles. The first-order valence-electron chi connectivity index (χ1n) is 13.0. The zero-order valence-electron chi connectivity index (χ0n) is 22.8. The zero-order chi connectivity index (χ0) is 30.0. The van der Waals surface area contributed by atoms with Crippen molar-refractivity contribution in [1.82, 2.24) is 24.7 Å². The normalized spacial score (nSPS) is 16.5. The molecule has 6 rings (SSSR count). The highest BCUT2D eigenvalue weighted by atomic mass is 35.5. The van der Waals surface area contributed by atoms with Gasteiger partial charge in [0.1, 0.15) is 34.8 Å². The number of aromatic nitrogens is 5. The average molecular weight is 590 g/mol. The molecule has 214 valence electrons. The van der Waals surface area contributed by atoms with Gasteiger partial charge in [-0.1, -0.05) is 29.8 Å². The van der Waals surface area contributed by atoms with Crippen LogP contribution in [0.1, 0.15) is 43.5 Å². The van der Waals surface area contributed by atoms with E-state index in [0.717, 1.165) is 0 Å². The molecule has 1 unspecified atom stereocenters. The van der Waals surface area contributed by atoms with Crippen LogP contribution in [0.4, 0.5) is 16.0 Å². The van der Waals surface area contributed by atoms with Crippen LogP contribution >= 0.6 is 11.6 Å². The summed E-state index contributed by atoms with van der Waals surface area (Å²) >= 11 is 6.28. The minimum absolute atomic E-state index is 0.0183. The Kier molecular flexibility index (Phi) is 6.26. The van der Waals surface area contributed by atoms with E-state index in [1.807, 2.05) is 0 Å². The number of nitrogen functional groups attached to an aromatic ring is 1. The predicted molar refractivity (Wildman–Crippen MR) is 152 cm³/mol. The smallest absolute Gasteiger partial charge is 0.309 e. The largest absolute Gasteiger partial charge is 0.481 e. The van der Waals surface area contributed by atoms with Crippen LogP contribution in [0, 0.1) is 11.2 Å². The van der Waals surface area contributed by atoms with E-state index in [4.69, 9.17) is 26.9 Å². The third-order valence-electron chi connectivity index (χ3n) is 7.56. The second kappa shape index (κ2) is 9.62. The van der Waals surface area contributed by atoms with Gasteiger partial charge < -0.3 is 20.6 Å². The Labute approximate surface area is 243 Å². The number of hydrogen-bond acceptors (Lipinski definition) is 8. The SMILES string of the molecule is CC(C)(Cc1nc(C2(C)C(=O)Nc3nc(-c4nn(Cc5ccccc5F)c5cc(Cl)ccc45)nc(N)c32)co1)C(=O)O. The molecule has 11 nitrogen and oxygen atoms in total. The average Bonchev–Trinajstić information content (AvgIpc) is 3.60. The molecule has 4 heterocycles. The summed E-state index contributed by atoms with van der Waals surface area (Å²) in [5.74, 6) is -1.29. The standard InChI is InChI=1S/C29H25ClFN7O4/c1-28(2,27(40)41)11-20-33-19(13-42-20)29(3)21-23(32)34-25(35-24(21)36-26(29)39)22-16-9-8-15(30)10-18(16)38(37-22)12-14-6-4-5-7-17(14)31/h4-10,13H,11-12H2,1-3H3,(H,40,41)(H3,32,34,35,36,39). The van der Waals surface area contributed by atoms with Gasteiger partial charge in [-0.05, 0) is 45.0 Å². The molecule has 0 spiro atoms. The molecule has 1 atom stereocenters. The monoisotopic (exact) mass is 589 g/mol. The lowest BCUT2D eigenvalue weighted by molar-refractivity contribution is -0.147. The summed E-state index contributed by atoms with van der Waals surface area (Å²) in [6.45, 7) is 4.87. The number of nitrogens with one attached hydrogen (secondary N) is 1. The lowest BCUT2D eigenvalue weighted by atomic mass is 9.81. The van der Waals surface area contributed by atoms with Crippen LogP contribution in [0.25, 0.3) is 22.4 Å². The second-order valence-corrected chi connectivity index (χ2v) is 11.4. The van der Waals surface area contributed by atoms with Gasteiger partial charge in [-0.3, -0.25) is 14.3 Å². The van der Waals surface area contributed by atoms with E-state index < -0.39 is 22.7 Å². The maximum Gasteiger partial charge on any atom is 0.309 e. The first-order valence-corrected chi connectivity index (χ1v) is 13.3. The maximum atomic E-state index is 14.5. The molecule has 3 aromatic heterocycles. The van der Waals surface area contributed by atoms with Gasteiger partial charge in [0, 0.05) is 22.4 Å². The number of aliphatic carboxylic acids is 1. The number of rotatable bonds is 7. The Bertz CT molecular complexity index is 1920. The lowest BCUT2D eigenvalue weighted by Gasteiger charge is -2.20. The molecule has 0 fully saturated rings. The van der Waals surface area contributed by atoms with Crippen LogP contribution in [0.2, 0.25) is 5.02 Å². The van der Waals surface area contributed by atoms with Crippen LogP contribution < -0.4 is 11.1 Å². The van der Waals surface area contributed by atoms with Crippen LogP contribution in [-0.4, -0.2) is 41.7 Å². The molecular formula is C29H25ClFN7O4. The van der Waals surface area contributed by atoms with E-state index in [0.29, 0.717) is 32.7 Å². The number of nitrogens with two attached hydrogens (primary N) is 1. The number of oxazole rings is 1. The Morgan fingerprint density at radius 2 is 1.98 bits per heavy atom. The van der Waals surface area contributed by atoms with Gasteiger partial charge in [0.05, 0.1) is 28.7 Å². The molecule has 2 aromatic carbocycles. The fraction of sp³-hybridized carbons (Fsp3) is 0.241. The summed E-state index contributed by atoms with van der Waals surface area (Å²) in [5, 5.41) is 18.1. The van der Waals surface area contributed by atoms with Gasteiger partial charge in [0.2, 0.25) is 5.91 Å². The molecule has 13 heteroatoms. The number of anilines is 2. The molecule has 0 saturated carbocycles. The highest BCUT2D eigenvalue weighted by Gasteiger charge is 2.50. The van der Waals surface area contributed by atoms with Crippen molar-refractivity contribution in [3.8, 4) is 11.5 Å². The molecule has 1 aliphatic heterocycles. The lowest BCUT2D eigenvalue weighted by Crippen LogP contribution is -2.33. The minimum Gasteiger partial charge on any atom is -0.481 e. The van der Waals surface area contributed by atoms with E-state index in [-0.39, 0.29) is 47.8 Å². The van der Waals surface area contributed by atoms with Gasteiger partial charge >= 0.3 is 5.97 Å². The highest BCUT2D eigenvalue weighted by Crippen LogP contribution is 2.45. The summed E-state index contributed by atoms with van der Waals surface area (Å²) in [5.41, 5.74) is 5.94. The van der Waals surface area contributed by atoms with E-state index in [9.17, 15) is 19.1 Å². The number of benzene rings is 2. The Balaban J connectivity index is 1.42. The molecule has 4 N–H and O–H groups in total. The van der Waals surface area contributed by atoms with Crippen LogP contribution in [0.5, 0.6) is 0 Å². The third-order valence-corrected chi connectivity index (χ3v) is 7.80. The number of fused-ring (bicyclic) bond motifs is 2. The minimum atomic E-state index is -1.40. The van der Waals surface area contributed by atoms with Crippen LogP contribution in [0.3, 0.4) is 0 Å². The summed E-state index contributed by atoms with van der Waals surface area (Å²) in [7, 11) is 0. The fourth-order valence-electron chi connectivity index (χ4n) is 5.05. The van der Waals surface area contributed by atoms with Crippen LogP contribution in [0.15, 0.2) is 53.1 Å². The predicted octanol–water partition coefficient (Wildman–Crippen LogP) is 4.82. The summed E-state index contributed by atoms with van der Waals surface area (Å²) in [6.07, 6.45) is 1.33. The number of carboxylic acid groups (broad SMARTS) is 1. The Morgan fingerprint density at radius 1 is 1.21 bits per heavy atom. The number of carboxylic acids is 1. The summed E-state index contributed by atoms with van der Waals surface area (Å²) in [6, 6.07) is 11.6. The summed E-state index contributed by atoms with van der Waals surface area (Å²) in [4.78, 5) is 38.5. The Hall–Kier alpha value is -4.84. The fourth-order valence-corrected chi connectivity index (χ4v) is 5.22. The number of carbonyl (C=O) groups excluding carboxylic acids is 1. The zero-order valence-corrected chi connectivity index (χ0v) is 23.5. The van der Waals surface area contributed by atoms with Gasteiger partial charge in [-0.15, -0.1) is 0 Å². The first kappa shape index (κ1) is 27.3. The number of amides is 1. The summed E-state index contributed by atoms with van der Waals surface area (Å²) < 4.78 is 21.6. The van der Waals surface area contributed by atoms with Gasteiger partial charge in [0.25, 0.3) is 0 Å². The molecule has 0 bridgehead atoms. The van der Waals surface area contributed by atoms with Crippen molar-refractivity contribution in [3.63, 3.8) is 0 Å². The van der Waals surface area contributed by atoms with Gasteiger partial charge in [-0.2, -0.15) is 5.10 Å². The van der Waals surface area contributed by atoms with Gasteiger partial charge in [0.15, 0.2) is 11.7 Å². The maximum absolute atomic E-state index is 14.5. The molecular weight excluding hydrogens is 565 g/mol. The number of nitrogens with zero attached hydrogens (tertiary/aromatic N) is 5. The van der Waals surface area contributed by atoms with E-state index >= 15 is 0 Å². The number of carbonyl (C=O) groups is 2. The third kappa shape index (κ3) is 4.35. The van der Waals surface area contributed by atoms with E-state index in [2.05, 4.69) is 20.3 Å². The molecule has 1 amide bonds. The van der Waals surface area contributed by atoms with Crippen molar-refractivity contribution in [1.29, 1.82) is 0 Å². The molecule has 1 aliphatic rings. The van der Waals surface area contributed by atoms with Crippen molar-refractivity contribution in [2.24, 2.45) is 5.41 Å². The number of halogens is 2. The molecule has 0 saturated heterocycles. The van der Waals surface area contributed by atoms with Crippen LogP contribution in [-0.2, 0) is 28.0 Å². The van der Waals surface area contributed by atoms with Crippen molar-refractivity contribution in [2.75, 3.05) is 11.1 Å². The molecule has 42 heavy (non-hydrogen) atoms. The van der Waals surface area contributed by atoms with Gasteiger partial charge in [-0.25, -0.2) is 19.3 Å². The van der Waals surface area contributed by atoms with Crippen molar-refractivity contribution in [3.05, 3.63) is 82.3 Å². The second-order valence-electron chi connectivity index (χ2n) is 11.0. The number of hydrogen-bond donors (Lipinski definition) is 3. The topological polar surface area (TPSA) is 162 Å². The Morgan fingerprint density at radius 3 is 2.71 bits per heavy atom. The first-order chi connectivity index (χ1) is 19.9. The van der Waals surface area contributed by atoms with Crippen molar-refractivity contribution in [2.45, 2.75) is 39.2 Å². The molecule has 0 radical (unpaired) electrons. The highest BCUT2D eigenvalue weighted by molar-refractivity contribution is 6.31. The van der Waals surface area contributed by atoms with E-state index in [1.54, 1.807) is 61.9 Å².